The molecule has 3 rings (SSSR count). The Balaban J connectivity index is 2.16. The van der Waals surface area contributed by atoms with Crippen LogP contribution >= 0.6 is 0 Å². The number of hydrogen-bond acceptors (Lipinski definition) is 5. The molecule has 0 atom stereocenters. The molecule has 112 valence electrons. The Morgan fingerprint density at radius 1 is 1.00 bits per heavy atom. The highest BCUT2D eigenvalue weighted by atomic mass is 16.5. The van der Waals surface area contributed by atoms with Gasteiger partial charge in [-0.3, -0.25) is 0 Å². The number of nitrogens with two attached hydrogens (primary N) is 1. The summed E-state index contributed by atoms with van der Waals surface area (Å²) in [5.41, 5.74) is 8.20. The standard InChI is InChI=1S/C16H16N4O2/c1-21-14-8-3-5-11(9-14)15-18-16(22-2)19-20(15)13-7-4-6-12(17)10-13/h3-10H,17H2,1-2H3. The van der Waals surface area contributed by atoms with Gasteiger partial charge in [0, 0.05) is 11.3 Å². The summed E-state index contributed by atoms with van der Waals surface area (Å²) in [6.45, 7) is 0. The molecule has 0 aliphatic carbocycles. The first-order chi connectivity index (χ1) is 10.7. The third-order valence-electron chi connectivity index (χ3n) is 3.21. The topological polar surface area (TPSA) is 75.2 Å². The molecule has 2 N–H and O–H groups in total. The fourth-order valence-corrected chi connectivity index (χ4v) is 2.17. The molecule has 6 heteroatoms. The van der Waals surface area contributed by atoms with Crippen molar-refractivity contribution in [3.63, 3.8) is 0 Å². The number of hydrogen-bond donors (Lipinski definition) is 1. The number of rotatable bonds is 4. The monoisotopic (exact) mass is 296 g/mol. The molecule has 0 radical (unpaired) electrons. The third kappa shape index (κ3) is 2.58. The van der Waals surface area contributed by atoms with Crippen molar-refractivity contribution in [2.75, 3.05) is 20.0 Å². The van der Waals surface area contributed by atoms with Crippen LogP contribution in [0.5, 0.6) is 11.8 Å². The highest BCUT2D eigenvalue weighted by molar-refractivity contribution is 5.61. The van der Waals surface area contributed by atoms with Crippen LogP contribution in [0.2, 0.25) is 0 Å². The van der Waals surface area contributed by atoms with E-state index in [1.807, 2.05) is 48.5 Å². The molecule has 0 amide bonds. The van der Waals surface area contributed by atoms with Gasteiger partial charge in [-0.2, -0.15) is 4.98 Å². The minimum absolute atomic E-state index is 0.292. The van der Waals surface area contributed by atoms with Crippen LogP contribution in [0.25, 0.3) is 17.1 Å². The summed E-state index contributed by atoms with van der Waals surface area (Å²) >= 11 is 0. The largest absolute Gasteiger partial charge is 0.497 e. The quantitative estimate of drug-likeness (QED) is 0.749. The fourth-order valence-electron chi connectivity index (χ4n) is 2.17. The van der Waals surface area contributed by atoms with Gasteiger partial charge in [0.25, 0.3) is 0 Å². The molecule has 6 nitrogen and oxygen atoms in total. The average Bonchev–Trinajstić information content (AvgIpc) is 2.99. The van der Waals surface area contributed by atoms with Crippen LogP contribution in [-0.2, 0) is 0 Å². The normalized spacial score (nSPS) is 10.5. The maximum absolute atomic E-state index is 5.86. The van der Waals surface area contributed by atoms with Crippen LogP contribution in [0.3, 0.4) is 0 Å². The number of benzene rings is 2. The van der Waals surface area contributed by atoms with E-state index in [-0.39, 0.29) is 0 Å². The first kappa shape index (κ1) is 13.9. The van der Waals surface area contributed by atoms with Gasteiger partial charge < -0.3 is 15.2 Å². The van der Waals surface area contributed by atoms with Crippen molar-refractivity contribution in [1.82, 2.24) is 14.8 Å². The average molecular weight is 296 g/mol. The lowest BCUT2D eigenvalue weighted by atomic mass is 10.2. The number of aromatic nitrogens is 3. The van der Waals surface area contributed by atoms with Gasteiger partial charge in [-0.15, -0.1) is 5.10 Å². The summed E-state index contributed by atoms with van der Waals surface area (Å²) in [5.74, 6) is 1.40. The van der Waals surface area contributed by atoms with Crippen LogP contribution < -0.4 is 15.2 Å². The van der Waals surface area contributed by atoms with E-state index in [0.717, 1.165) is 17.0 Å². The van der Waals surface area contributed by atoms with E-state index >= 15 is 0 Å². The Hall–Kier alpha value is -3.02. The number of nitrogens with zero attached hydrogens (tertiary/aromatic N) is 3. The second kappa shape index (κ2) is 5.77. The molecule has 1 heterocycles. The lowest BCUT2D eigenvalue weighted by Crippen LogP contribution is -2.00. The second-order valence-electron chi connectivity index (χ2n) is 4.66. The lowest BCUT2D eigenvalue weighted by Gasteiger charge is -2.07. The summed E-state index contributed by atoms with van der Waals surface area (Å²) in [4.78, 5) is 4.41. The summed E-state index contributed by atoms with van der Waals surface area (Å²) in [7, 11) is 3.16. The van der Waals surface area contributed by atoms with Crippen LogP contribution in [0, 0.1) is 0 Å². The van der Waals surface area contributed by atoms with E-state index in [1.54, 1.807) is 11.8 Å². The number of nitrogen functional groups attached to an aromatic ring is 1. The first-order valence-corrected chi connectivity index (χ1v) is 6.72. The highest BCUT2D eigenvalue weighted by Gasteiger charge is 2.14. The predicted molar refractivity (Wildman–Crippen MR) is 84.3 cm³/mol. The first-order valence-electron chi connectivity index (χ1n) is 6.72. The van der Waals surface area contributed by atoms with Gasteiger partial charge in [-0.05, 0) is 30.3 Å². The number of ether oxygens (including phenoxy) is 2. The molecule has 0 aliphatic rings. The molecule has 0 saturated carbocycles. The third-order valence-corrected chi connectivity index (χ3v) is 3.21. The molecule has 0 unspecified atom stereocenters. The number of anilines is 1. The molecular weight excluding hydrogens is 280 g/mol. The van der Waals surface area contributed by atoms with E-state index in [0.29, 0.717) is 17.5 Å². The Bertz CT molecular complexity index is 798. The zero-order valence-electron chi connectivity index (χ0n) is 12.4. The summed E-state index contributed by atoms with van der Waals surface area (Å²) in [6.07, 6.45) is 0. The maximum Gasteiger partial charge on any atom is 0.336 e. The van der Waals surface area contributed by atoms with Crippen molar-refractivity contribution >= 4 is 5.69 Å². The Labute approximate surface area is 128 Å². The molecule has 0 fully saturated rings. The van der Waals surface area contributed by atoms with E-state index in [2.05, 4.69) is 10.1 Å². The minimum atomic E-state index is 0.292. The summed E-state index contributed by atoms with van der Waals surface area (Å²) in [6, 6.07) is 15.3. The Morgan fingerprint density at radius 2 is 1.82 bits per heavy atom. The summed E-state index contributed by atoms with van der Waals surface area (Å²) in [5, 5.41) is 4.36. The van der Waals surface area contributed by atoms with Gasteiger partial charge >= 0.3 is 6.01 Å². The van der Waals surface area contributed by atoms with Gasteiger partial charge in [-0.25, -0.2) is 4.68 Å². The van der Waals surface area contributed by atoms with Gasteiger partial charge in [0.2, 0.25) is 0 Å². The van der Waals surface area contributed by atoms with Crippen molar-refractivity contribution in [2.45, 2.75) is 0 Å². The van der Waals surface area contributed by atoms with Crippen molar-refractivity contribution in [2.24, 2.45) is 0 Å². The van der Waals surface area contributed by atoms with Crippen LogP contribution in [0.1, 0.15) is 0 Å². The minimum Gasteiger partial charge on any atom is -0.497 e. The van der Waals surface area contributed by atoms with Crippen molar-refractivity contribution < 1.29 is 9.47 Å². The highest BCUT2D eigenvalue weighted by Crippen LogP contribution is 2.26. The van der Waals surface area contributed by atoms with E-state index in [4.69, 9.17) is 15.2 Å². The molecule has 1 aromatic heterocycles. The zero-order chi connectivity index (χ0) is 15.5. The van der Waals surface area contributed by atoms with Gasteiger partial charge in [0.1, 0.15) is 5.75 Å². The molecule has 22 heavy (non-hydrogen) atoms. The van der Waals surface area contributed by atoms with Crippen LogP contribution in [-0.4, -0.2) is 29.0 Å². The van der Waals surface area contributed by atoms with E-state index < -0.39 is 0 Å². The van der Waals surface area contributed by atoms with Crippen molar-refractivity contribution in [1.29, 1.82) is 0 Å². The number of methoxy groups -OCH3 is 2. The smallest absolute Gasteiger partial charge is 0.336 e. The maximum atomic E-state index is 5.86. The van der Waals surface area contributed by atoms with Crippen molar-refractivity contribution in [3.05, 3.63) is 48.5 Å². The van der Waals surface area contributed by atoms with Crippen LogP contribution in [0.15, 0.2) is 48.5 Å². The molecule has 0 spiro atoms. The molecule has 3 aromatic rings. The van der Waals surface area contributed by atoms with Gasteiger partial charge in [-0.1, -0.05) is 18.2 Å². The molecule has 2 aromatic carbocycles. The van der Waals surface area contributed by atoms with Gasteiger partial charge in [0.05, 0.1) is 19.9 Å². The van der Waals surface area contributed by atoms with Crippen LogP contribution in [0.4, 0.5) is 5.69 Å². The van der Waals surface area contributed by atoms with Crippen molar-refractivity contribution in [3.8, 4) is 28.8 Å². The predicted octanol–water partition coefficient (Wildman–Crippen LogP) is 2.53. The second-order valence-corrected chi connectivity index (χ2v) is 4.66. The molecular formula is C16H16N4O2. The molecule has 0 aliphatic heterocycles. The Kier molecular flexibility index (Phi) is 3.65. The van der Waals surface area contributed by atoms with E-state index in [1.165, 1.54) is 7.11 Å². The zero-order valence-corrected chi connectivity index (χ0v) is 12.4. The summed E-state index contributed by atoms with van der Waals surface area (Å²) < 4.78 is 12.1. The molecule has 0 bridgehead atoms. The van der Waals surface area contributed by atoms with E-state index in [9.17, 15) is 0 Å². The van der Waals surface area contributed by atoms with Gasteiger partial charge in [0.15, 0.2) is 5.82 Å². The molecule has 0 saturated heterocycles. The lowest BCUT2D eigenvalue weighted by molar-refractivity contribution is 0.380. The fraction of sp³-hybridized carbons (Fsp3) is 0.125. The Morgan fingerprint density at radius 3 is 2.55 bits per heavy atom. The SMILES string of the molecule is COc1cccc(-c2nc(OC)nn2-c2cccc(N)c2)c1.